The summed E-state index contributed by atoms with van der Waals surface area (Å²) in [5.41, 5.74) is 1.63. The highest BCUT2D eigenvalue weighted by molar-refractivity contribution is 9.10. The predicted octanol–water partition coefficient (Wildman–Crippen LogP) is 5.52. The molecule has 0 aliphatic heterocycles. The number of rotatable bonds is 4. The van der Waals surface area contributed by atoms with Crippen LogP contribution in [0.4, 0.5) is 0 Å². The van der Waals surface area contributed by atoms with Crippen LogP contribution in [-0.2, 0) is 6.54 Å². The molecule has 126 valence electrons. The number of hydrogen-bond donors (Lipinski definition) is 1. The Morgan fingerprint density at radius 3 is 2.84 bits per heavy atom. The number of carboxylic acid groups (broad SMARTS) is 1. The van der Waals surface area contributed by atoms with Gasteiger partial charge in [0, 0.05) is 11.5 Å². The van der Waals surface area contributed by atoms with Gasteiger partial charge in [-0.2, -0.15) is 0 Å². The largest absolute Gasteiger partial charge is 0.477 e. The third kappa shape index (κ3) is 2.88. The molecule has 1 N–H and O–H groups in total. The van der Waals surface area contributed by atoms with E-state index >= 15 is 0 Å². The lowest BCUT2D eigenvalue weighted by Gasteiger charge is -2.05. The van der Waals surface area contributed by atoms with Crippen molar-refractivity contribution in [3.63, 3.8) is 0 Å². The lowest BCUT2D eigenvalue weighted by atomic mass is 10.2. The SMILES string of the molecule is O=C(O)c1c(Br)c2ccccc2n1Cc1cc(-c2ccc(Cl)s2)on1. The van der Waals surface area contributed by atoms with E-state index in [1.807, 2.05) is 30.3 Å². The first-order chi connectivity index (χ1) is 12.0. The highest BCUT2D eigenvalue weighted by atomic mass is 79.9. The molecule has 0 saturated heterocycles. The van der Waals surface area contributed by atoms with Gasteiger partial charge in [-0.1, -0.05) is 35.0 Å². The van der Waals surface area contributed by atoms with Gasteiger partial charge in [-0.05, 0) is 34.1 Å². The molecule has 3 heterocycles. The number of aromatic carboxylic acids is 1. The molecular weight excluding hydrogens is 428 g/mol. The van der Waals surface area contributed by atoms with Crippen LogP contribution in [-0.4, -0.2) is 20.8 Å². The van der Waals surface area contributed by atoms with Crippen LogP contribution in [0, 0.1) is 0 Å². The summed E-state index contributed by atoms with van der Waals surface area (Å²) in [7, 11) is 0. The summed E-state index contributed by atoms with van der Waals surface area (Å²) in [5.74, 6) is -0.392. The number of fused-ring (bicyclic) bond motifs is 1. The maximum Gasteiger partial charge on any atom is 0.353 e. The second-order valence-corrected chi connectivity index (χ2v) is 7.87. The minimum absolute atomic E-state index is 0.185. The second kappa shape index (κ2) is 6.33. The van der Waals surface area contributed by atoms with Crippen molar-refractivity contribution in [1.29, 1.82) is 0 Å². The van der Waals surface area contributed by atoms with Crippen molar-refractivity contribution in [2.24, 2.45) is 0 Å². The summed E-state index contributed by atoms with van der Waals surface area (Å²) in [6, 6.07) is 13.0. The molecule has 0 bridgehead atoms. The molecule has 0 aliphatic carbocycles. The Kier molecular flexibility index (Phi) is 4.15. The van der Waals surface area contributed by atoms with E-state index in [2.05, 4.69) is 21.1 Å². The summed E-state index contributed by atoms with van der Waals surface area (Å²) in [6.07, 6.45) is 0. The van der Waals surface area contributed by atoms with Gasteiger partial charge in [0.1, 0.15) is 11.4 Å². The van der Waals surface area contributed by atoms with E-state index in [1.165, 1.54) is 11.3 Å². The number of para-hydroxylation sites is 1. The minimum Gasteiger partial charge on any atom is -0.477 e. The van der Waals surface area contributed by atoms with Crippen molar-refractivity contribution in [2.45, 2.75) is 6.54 Å². The number of thiophene rings is 1. The molecule has 0 amide bonds. The van der Waals surface area contributed by atoms with Crippen molar-refractivity contribution in [3.05, 3.63) is 62.7 Å². The van der Waals surface area contributed by atoms with Gasteiger partial charge >= 0.3 is 5.97 Å². The number of hydrogen-bond acceptors (Lipinski definition) is 4. The van der Waals surface area contributed by atoms with Gasteiger partial charge in [-0.25, -0.2) is 4.79 Å². The number of halogens is 2. The van der Waals surface area contributed by atoms with Gasteiger partial charge in [-0.3, -0.25) is 0 Å². The standard InChI is InChI=1S/C17H10BrClN2O3S/c18-15-10-3-1-2-4-11(10)21(16(15)17(22)23)8-9-7-12(24-20-9)13-5-6-14(19)25-13/h1-7H,8H2,(H,22,23). The molecule has 3 aromatic heterocycles. The topological polar surface area (TPSA) is 68.3 Å². The zero-order chi connectivity index (χ0) is 17.6. The molecule has 0 fully saturated rings. The fourth-order valence-corrected chi connectivity index (χ4v) is 4.46. The molecule has 0 saturated carbocycles. The van der Waals surface area contributed by atoms with Gasteiger partial charge in [0.2, 0.25) is 0 Å². The third-order valence-electron chi connectivity index (χ3n) is 3.81. The van der Waals surface area contributed by atoms with E-state index in [0.717, 1.165) is 15.8 Å². The fraction of sp³-hybridized carbons (Fsp3) is 0.0588. The Morgan fingerprint density at radius 1 is 1.32 bits per heavy atom. The van der Waals surface area contributed by atoms with Crippen molar-refractivity contribution in [2.75, 3.05) is 0 Å². The normalized spacial score (nSPS) is 11.3. The Hall–Kier alpha value is -2.09. The highest BCUT2D eigenvalue weighted by Gasteiger charge is 2.21. The van der Waals surface area contributed by atoms with Crippen molar-refractivity contribution in [3.8, 4) is 10.6 Å². The number of nitrogens with zero attached hydrogens (tertiary/aromatic N) is 2. The molecule has 1 aromatic carbocycles. The van der Waals surface area contributed by atoms with Crippen LogP contribution < -0.4 is 0 Å². The average molecular weight is 438 g/mol. The van der Waals surface area contributed by atoms with Crippen molar-refractivity contribution >= 4 is 55.7 Å². The Balaban J connectivity index is 1.77. The predicted molar refractivity (Wildman–Crippen MR) is 101 cm³/mol. The Morgan fingerprint density at radius 2 is 2.12 bits per heavy atom. The molecule has 4 rings (SSSR count). The lowest BCUT2D eigenvalue weighted by Crippen LogP contribution is -2.10. The Labute approximate surface area is 159 Å². The van der Waals surface area contributed by atoms with E-state index in [0.29, 0.717) is 20.3 Å². The van der Waals surface area contributed by atoms with Gasteiger partial charge < -0.3 is 14.2 Å². The van der Waals surface area contributed by atoms with Crippen LogP contribution in [0.15, 0.2) is 51.5 Å². The summed E-state index contributed by atoms with van der Waals surface area (Å²) < 4.78 is 8.33. The van der Waals surface area contributed by atoms with E-state index in [4.69, 9.17) is 16.1 Å². The van der Waals surface area contributed by atoms with Crippen LogP contribution in [0.25, 0.3) is 21.5 Å². The quantitative estimate of drug-likeness (QED) is 0.456. The minimum atomic E-state index is -1.00. The third-order valence-corrected chi connectivity index (χ3v) is 5.86. The number of carbonyl (C=O) groups is 1. The average Bonchev–Trinajstić information content (AvgIpc) is 3.28. The number of benzene rings is 1. The summed E-state index contributed by atoms with van der Waals surface area (Å²) in [4.78, 5) is 12.6. The number of carboxylic acids is 1. The summed E-state index contributed by atoms with van der Waals surface area (Å²) >= 11 is 10.8. The zero-order valence-corrected chi connectivity index (χ0v) is 15.7. The molecule has 0 radical (unpaired) electrons. The first-order valence-corrected chi connectivity index (χ1v) is 9.24. The van der Waals surface area contributed by atoms with Gasteiger partial charge in [0.25, 0.3) is 0 Å². The van der Waals surface area contributed by atoms with Gasteiger partial charge in [0.05, 0.1) is 25.7 Å². The van der Waals surface area contributed by atoms with Gasteiger partial charge in [0.15, 0.2) is 5.76 Å². The molecular formula is C17H10BrClN2O3S. The van der Waals surface area contributed by atoms with Crippen LogP contribution in [0.2, 0.25) is 4.34 Å². The summed E-state index contributed by atoms with van der Waals surface area (Å²) in [6.45, 7) is 0.288. The fourth-order valence-electron chi connectivity index (χ4n) is 2.75. The molecule has 8 heteroatoms. The molecule has 25 heavy (non-hydrogen) atoms. The lowest BCUT2D eigenvalue weighted by molar-refractivity contribution is 0.0685. The molecule has 0 atom stereocenters. The zero-order valence-electron chi connectivity index (χ0n) is 12.6. The van der Waals surface area contributed by atoms with E-state index in [1.54, 1.807) is 16.7 Å². The number of aromatic nitrogens is 2. The van der Waals surface area contributed by atoms with E-state index in [9.17, 15) is 9.90 Å². The molecule has 0 aliphatic rings. The van der Waals surface area contributed by atoms with E-state index < -0.39 is 5.97 Å². The summed E-state index contributed by atoms with van der Waals surface area (Å²) in [5, 5.41) is 14.5. The maximum atomic E-state index is 11.7. The molecule has 0 unspecified atom stereocenters. The van der Waals surface area contributed by atoms with Crippen LogP contribution in [0.3, 0.4) is 0 Å². The molecule has 5 nitrogen and oxygen atoms in total. The van der Waals surface area contributed by atoms with Crippen LogP contribution >= 0.6 is 38.9 Å². The molecule has 4 aromatic rings. The first kappa shape index (κ1) is 16.4. The first-order valence-electron chi connectivity index (χ1n) is 7.26. The van der Waals surface area contributed by atoms with Crippen LogP contribution in [0.1, 0.15) is 16.2 Å². The van der Waals surface area contributed by atoms with Crippen molar-refractivity contribution in [1.82, 2.24) is 9.72 Å². The van der Waals surface area contributed by atoms with Crippen molar-refractivity contribution < 1.29 is 14.4 Å². The Bertz CT molecular complexity index is 1100. The van der Waals surface area contributed by atoms with E-state index in [-0.39, 0.29) is 12.2 Å². The monoisotopic (exact) mass is 436 g/mol. The maximum absolute atomic E-state index is 11.7. The molecule has 0 spiro atoms. The smallest absolute Gasteiger partial charge is 0.353 e. The van der Waals surface area contributed by atoms with Gasteiger partial charge in [-0.15, -0.1) is 11.3 Å². The van der Waals surface area contributed by atoms with Crippen LogP contribution in [0.5, 0.6) is 0 Å². The second-order valence-electron chi connectivity index (χ2n) is 5.36. The highest BCUT2D eigenvalue weighted by Crippen LogP contribution is 2.34.